The maximum atomic E-state index is 12.1. The van der Waals surface area contributed by atoms with E-state index in [9.17, 15) is 9.59 Å². The van der Waals surface area contributed by atoms with Crippen LogP contribution in [-0.2, 0) is 4.79 Å². The summed E-state index contributed by atoms with van der Waals surface area (Å²) in [5, 5.41) is 8.36. The van der Waals surface area contributed by atoms with Crippen LogP contribution in [0, 0.1) is 0 Å². The number of carbonyl (C=O) groups is 2. The maximum Gasteiger partial charge on any atom is 0.252 e. The lowest BCUT2D eigenvalue weighted by molar-refractivity contribution is -0.119. The number of primary amides is 1. The Morgan fingerprint density at radius 1 is 1.46 bits per heavy atom. The Bertz CT molecular complexity index is 785. The van der Waals surface area contributed by atoms with Gasteiger partial charge in [0.05, 0.1) is 24.2 Å². The van der Waals surface area contributed by atoms with Crippen LogP contribution in [-0.4, -0.2) is 58.3 Å². The van der Waals surface area contributed by atoms with Gasteiger partial charge in [0, 0.05) is 32.0 Å². The summed E-state index contributed by atoms with van der Waals surface area (Å²) in [7, 11) is 1.48. The molecule has 1 amide bonds. The molecule has 0 saturated carbocycles. The van der Waals surface area contributed by atoms with Crippen LogP contribution in [0.1, 0.15) is 36.2 Å². The van der Waals surface area contributed by atoms with Crippen molar-refractivity contribution in [1.29, 1.82) is 0 Å². The second-order valence-electron chi connectivity index (χ2n) is 5.98. The molecule has 0 spiro atoms. The molecule has 2 heterocycles. The van der Waals surface area contributed by atoms with E-state index in [0.29, 0.717) is 24.1 Å². The third kappa shape index (κ3) is 2.96. The molecule has 1 aromatic carbocycles. The molecule has 128 valence electrons. The number of aromatic nitrogens is 3. The largest absolute Gasteiger partial charge is 0.496 e. The van der Waals surface area contributed by atoms with E-state index in [4.69, 9.17) is 10.5 Å². The number of rotatable bonds is 4. The number of likely N-dealkylation sites (N-methyl/N-ethyl adjacent to an activating group) is 1. The van der Waals surface area contributed by atoms with Gasteiger partial charge in [-0.15, -0.1) is 5.10 Å². The van der Waals surface area contributed by atoms with Crippen LogP contribution in [0.2, 0.25) is 0 Å². The van der Waals surface area contributed by atoms with E-state index in [1.54, 1.807) is 16.8 Å². The monoisotopic (exact) mass is 331 g/mol. The van der Waals surface area contributed by atoms with E-state index in [1.807, 2.05) is 0 Å². The molecule has 1 unspecified atom stereocenters. The van der Waals surface area contributed by atoms with Gasteiger partial charge in [0.2, 0.25) is 0 Å². The summed E-state index contributed by atoms with van der Waals surface area (Å²) < 4.78 is 7.03. The summed E-state index contributed by atoms with van der Waals surface area (Å²) in [6, 6.07) is 3.20. The fourth-order valence-electron chi connectivity index (χ4n) is 3.15. The van der Waals surface area contributed by atoms with Gasteiger partial charge in [-0.25, -0.2) is 4.68 Å². The van der Waals surface area contributed by atoms with Crippen molar-refractivity contribution in [3.05, 3.63) is 17.7 Å². The molecule has 0 radical (unpaired) electrons. The predicted molar refractivity (Wildman–Crippen MR) is 88.0 cm³/mol. The Morgan fingerprint density at radius 2 is 2.25 bits per heavy atom. The fraction of sp³-hybridized carbons (Fsp3) is 0.500. The van der Waals surface area contributed by atoms with E-state index in [1.165, 1.54) is 7.11 Å². The predicted octanol–water partition coefficient (Wildman–Crippen LogP) is 0.765. The number of fused-ring (bicyclic) bond motifs is 1. The van der Waals surface area contributed by atoms with Crippen LogP contribution in [0.15, 0.2) is 12.1 Å². The first-order valence-electron chi connectivity index (χ1n) is 8.00. The van der Waals surface area contributed by atoms with Crippen molar-refractivity contribution < 1.29 is 14.3 Å². The molecule has 8 heteroatoms. The molecule has 8 nitrogen and oxygen atoms in total. The maximum absolute atomic E-state index is 12.1. The molecule has 0 aliphatic carbocycles. The number of hydrogen-bond donors (Lipinski definition) is 1. The van der Waals surface area contributed by atoms with Crippen molar-refractivity contribution in [2.24, 2.45) is 5.73 Å². The summed E-state index contributed by atoms with van der Waals surface area (Å²) in [5.41, 5.74) is 6.94. The zero-order valence-corrected chi connectivity index (χ0v) is 13.9. The summed E-state index contributed by atoms with van der Waals surface area (Å²) in [6.45, 7) is 4.47. The number of ether oxygens (including phenoxy) is 1. The Kier molecular flexibility index (Phi) is 4.48. The van der Waals surface area contributed by atoms with Crippen molar-refractivity contribution >= 4 is 22.7 Å². The highest BCUT2D eigenvalue weighted by molar-refractivity contribution is 5.99. The SMILES string of the molecule is CCN1CCC(=O)CC(n2nnc3cc(C(N)=O)c(OC)cc32)C1. The topological polar surface area (TPSA) is 103 Å². The van der Waals surface area contributed by atoms with Gasteiger partial charge in [-0.1, -0.05) is 12.1 Å². The van der Waals surface area contributed by atoms with Crippen LogP contribution in [0.25, 0.3) is 11.0 Å². The molecule has 3 rings (SSSR count). The number of methoxy groups -OCH3 is 1. The molecule has 2 N–H and O–H groups in total. The van der Waals surface area contributed by atoms with Gasteiger partial charge in [-0.2, -0.15) is 0 Å². The lowest BCUT2D eigenvalue weighted by Crippen LogP contribution is -2.30. The highest BCUT2D eigenvalue weighted by Gasteiger charge is 2.26. The Labute approximate surface area is 139 Å². The molecule has 0 bridgehead atoms. The number of amides is 1. The van der Waals surface area contributed by atoms with Gasteiger partial charge in [0.1, 0.15) is 17.0 Å². The van der Waals surface area contributed by atoms with Gasteiger partial charge in [0.15, 0.2) is 0 Å². The third-order valence-electron chi connectivity index (χ3n) is 4.49. The highest BCUT2D eigenvalue weighted by atomic mass is 16.5. The second kappa shape index (κ2) is 6.56. The number of nitrogens with zero attached hydrogens (tertiary/aromatic N) is 4. The van der Waals surface area contributed by atoms with E-state index in [2.05, 4.69) is 22.1 Å². The number of ketones is 1. The van der Waals surface area contributed by atoms with Gasteiger partial charge in [0.25, 0.3) is 5.91 Å². The van der Waals surface area contributed by atoms with Crippen LogP contribution in [0.3, 0.4) is 0 Å². The van der Waals surface area contributed by atoms with Crippen molar-refractivity contribution in [1.82, 2.24) is 19.9 Å². The summed E-state index contributed by atoms with van der Waals surface area (Å²) in [5.74, 6) is 0.0243. The summed E-state index contributed by atoms with van der Waals surface area (Å²) in [6.07, 6.45) is 0.987. The Balaban J connectivity index is 2.05. The number of nitrogens with two attached hydrogens (primary N) is 1. The number of benzene rings is 1. The van der Waals surface area contributed by atoms with E-state index < -0.39 is 5.91 Å². The quantitative estimate of drug-likeness (QED) is 0.887. The van der Waals surface area contributed by atoms with Crippen molar-refractivity contribution in [2.75, 3.05) is 26.7 Å². The number of carbonyl (C=O) groups excluding carboxylic acids is 2. The minimum Gasteiger partial charge on any atom is -0.496 e. The molecule has 24 heavy (non-hydrogen) atoms. The van der Waals surface area contributed by atoms with E-state index in [-0.39, 0.29) is 17.4 Å². The lowest BCUT2D eigenvalue weighted by Gasteiger charge is -2.22. The second-order valence-corrected chi connectivity index (χ2v) is 5.98. The molecule has 1 fully saturated rings. The van der Waals surface area contributed by atoms with Crippen LogP contribution in [0.4, 0.5) is 0 Å². The molecule has 2 aromatic rings. The molecule has 1 aromatic heterocycles. The average molecular weight is 331 g/mol. The average Bonchev–Trinajstić information content (AvgIpc) is 2.89. The van der Waals surface area contributed by atoms with Crippen LogP contribution >= 0.6 is 0 Å². The molecule has 1 aliphatic heterocycles. The zero-order chi connectivity index (χ0) is 17.3. The van der Waals surface area contributed by atoms with Gasteiger partial charge in [-0.05, 0) is 12.6 Å². The molecule has 1 saturated heterocycles. The van der Waals surface area contributed by atoms with Gasteiger partial charge in [-0.3, -0.25) is 9.59 Å². The van der Waals surface area contributed by atoms with Crippen LogP contribution < -0.4 is 10.5 Å². The number of likely N-dealkylation sites (tertiary alicyclic amines) is 1. The van der Waals surface area contributed by atoms with Crippen molar-refractivity contribution in [2.45, 2.75) is 25.8 Å². The van der Waals surface area contributed by atoms with Crippen molar-refractivity contribution in [3.63, 3.8) is 0 Å². The van der Waals surface area contributed by atoms with Gasteiger partial charge < -0.3 is 15.4 Å². The number of hydrogen-bond acceptors (Lipinski definition) is 6. The standard InChI is InChI=1S/C16H21N5O3/c1-3-20-5-4-11(22)6-10(9-20)21-14-8-15(24-2)12(16(17)23)7-13(14)18-19-21/h7-8,10H,3-6,9H2,1-2H3,(H2,17,23). The zero-order valence-electron chi connectivity index (χ0n) is 13.9. The molecule has 1 aliphatic rings. The summed E-state index contributed by atoms with van der Waals surface area (Å²) in [4.78, 5) is 25.9. The third-order valence-corrected chi connectivity index (χ3v) is 4.49. The molecule has 1 atom stereocenters. The fourth-order valence-corrected chi connectivity index (χ4v) is 3.15. The minimum absolute atomic E-state index is 0.0888. The number of Topliss-reactive ketones (excluding diaryl/α,β-unsaturated/α-hetero) is 1. The highest BCUT2D eigenvalue weighted by Crippen LogP contribution is 2.28. The summed E-state index contributed by atoms with van der Waals surface area (Å²) >= 11 is 0. The Hall–Kier alpha value is -2.48. The smallest absolute Gasteiger partial charge is 0.252 e. The first-order chi connectivity index (χ1) is 11.5. The van der Waals surface area contributed by atoms with E-state index >= 15 is 0 Å². The molecular weight excluding hydrogens is 310 g/mol. The van der Waals surface area contributed by atoms with Crippen molar-refractivity contribution in [3.8, 4) is 5.75 Å². The van der Waals surface area contributed by atoms with Gasteiger partial charge >= 0.3 is 0 Å². The van der Waals surface area contributed by atoms with Crippen LogP contribution in [0.5, 0.6) is 5.75 Å². The first kappa shape index (κ1) is 16.4. The Morgan fingerprint density at radius 3 is 2.92 bits per heavy atom. The minimum atomic E-state index is -0.579. The normalized spacial score (nSPS) is 19.4. The first-order valence-corrected chi connectivity index (χ1v) is 8.00. The molecular formula is C16H21N5O3. The van der Waals surface area contributed by atoms with E-state index in [0.717, 1.165) is 25.2 Å². The lowest BCUT2D eigenvalue weighted by atomic mass is 10.1.